The summed E-state index contributed by atoms with van der Waals surface area (Å²) >= 11 is 1.46. The van der Waals surface area contributed by atoms with E-state index in [4.69, 9.17) is 10.5 Å². The second-order valence-electron chi connectivity index (χ2n) is 8.94. The van der Waals surface area contributed by atoms with Crippen LogP contribution in [0.1, 0.15) is 67.4 Å². The van der Waals surface area contributed by atoms with E-state index in [0.717, 1.165) is 29.7 Å². The maximum absolute atomic E-state index is 12.7. The Morgan fingerprint density at radius 1 is 1.24 bits per heavy atom. The Bertz CT molecular complexity index is 909. The molecule has 1 aromatic heterocycles. The second kappa shape index (κ2) is 8.19. The smallest absolute Gasteiger partial charge is 0.265 e. The predicted octanol–water partition coefficient (Wildman–Crippen LogP) is 4.68. The third-order valence-corrected chi connectivity index (χ3v) is 6.57. The summed E-state index contributed by atoms with van der Waals surface area (Å²) in [6.45, 7) is 10.3. The lowest BCUT2D eigenvalue weighted by molar-refractivity contribution is -0.122. The fourth-order valence-corrected chi connectivity index (χ4v) is 5.02. The summed E-state index contributed by atoms with van der Waals surface area (Å²) in [5.41, 5.74) is 8.35. The molecule has 1 aliphatic rings. The molecule has 2 unspecified atom stereocenters. The van der Waals surface area contributed by atoms with Crippen LogP contribution in [-0.2, 0) is 23.1 Å². The van der Waals surface area contributed by atoms with E-state index >= 15 is 0 Å². The van der Waals surface area contributed by atoms with Crippen molar-refractivity contribution in [3.05, 3.63) is 45.8 Å². The number of fused-ring (bicyclic) bond motifs is 1. The number of benzene rings is 1. The van der Waals surface area contributed by atoms with E-state index in [-0.39, 0.29) is 11.3 Å². The SMILES string of the molecule is CC1CCc2c(sc(NC(=O)C(C)Oc3ccc(C(C)(C)C)cc3)c2C(N)=O)C1. The fraction of sp³-hybridized carbons (Fsp3) is 0.478. The molecule has 0 radical (unpaired) electrons. The van der Waals surface area contributed by atoms with Gasteiger partial charge in [-0.2, -0.15) is 0 Å². The van der Waals surface area contributed by atoms with Crippen molar-refractivity contribution >= 4 is 28.2 Å². The number of hydrogen-bond donors (Lipinski definition) is 2. The average Bonchev–Trinajstić information content (AvgIpc) is 2.98. The highest BCUT2D eigenvalue weighted by Gasteiger charge is 2.28. The summed E-state index contributed by atoms with van der Waals surface area (Å²) in [6.07, 6.45) is 2.08. The third kappa shape index (κ3) is 4.81. The summed E-state index contributed by atoms with van der Waals surface area (Å²) in [7, 11) is 0. The lowest BCUT2D eigenvalue weighted by Crippen LogP contribution is -2.30. The third-order valence-electron chi connectivity index (χ3n) is 5.40. The zero-order valence-corrected chi connectivity index (χ0v) is 18.6. The van der Waals surface area contributed by atoms with Gasteiger partial charge in [-0.25, -0.2) is 0 Å². The molecule has 0 saturated heterocycles. The zero-order valence-electron chi connectivity index (χ0n) is 17.8. The molecule has 3 rings (SSSR count). The van der Waals surface area contributed by atoms with E-state index < -0.39 is 12.0 Å². The summed E-state index contributed by atoms with van der Waals surface area (Å²) in [6, 6.07) is 7.79. The van der Waals surface area contributed by atoms with Crippen LogP contribution < -0.4 is 15.8 Å². The van der Waals surface area contributed by atoms with Gasteiger partial charge < -0.3 is 15.8 Å². The van der Waals surface area contributed by atoms with Crippen molar-refractivity contribution in [2.75, 3.05) is 5.32 Å². The molecular formula is C23H30N2O3S. The van der Waals surface area contributed by atoms with Crippen molar-refractivity contribution in [3.8, 4) is 5.75 Å². The van der Waals surface area contributed by atoms with E-state index in [0.29, 0.717) is 22.2 Å². The molecule has 1 heterocycles. The molecule has 6 heteroatoms. The molecule has 2 atom stereocenters. The van der Waals surface area contributed by atoms with Crippen LogP contribution in [0.3, 0.4) is 0 Å². The van der Waals surface area contributed by atoms with Crippen LogP contribution in [0.2, 0.25) is 0 Å². The Morgan fingerprint density at radius 3 is 2.48 bits per heavy atom. The van der Waals surface area contributed by atoms with Gasteiger partial charge in [-0.1, -0.05) is 39.8 Å². The Kier molecular flexibility index (Phi) is 6.03. The minimum absolute atomic E-state index is 0.0580. The number of ether oxygens (including phenoxy) is 1. The summed E-state index contributed by atoms with van der Waals surface area (Å²) in [5, 5.41) is 3.42. The molecule has 5 nitrogen and oxygen atoms in total. The molecule has 0 spiro atoms. The molecule has 1 aliphatic carbocycles. The molecule has 2 amide bonds. The van der Waals surface area contributed by atoms with Gasteiger partial charge in [0.05, 0.1) is 5.56 Å². The fourth-order valence-electron chi connectivity index (χ4n) is 3.60. The van der Waals surface area contributed by atoms with Crippen molar-refractivity contribution in [1.82, 2.24) is 0 Å². The Labute approximate surface area is 176 Å². The molecule has 0 bridgehead atoms. The zero-order chi connectivity index (χ0) is 21.3. The normalized spacial score (nSPS) is 17.3. The first-order valence-electron chi connectivity index (χ1n) is 10.1. The number of nitrogens with one attached hydrogen (secondary N) is 1. The van der Waals surface area contributed by atoms with Crippen molar-refractivity contribution in [2.45, 2.75) is 65.4 Å². The number of primary amides is 1. The molecular weight excluding hydrogens is 384 g/mol. The summed E-state index contributed by atoms with van der Waals surface area (Å²) in [5.74, 6) is 0.427. The molecule has 3 N–H and O–H groups in total. The highest BCUT2D eigenvalue weighted by molar-refractivity contribution is 7.17. The monoisotopic (exact) mass is 414 g/mol. The van der Waals surface area contributed by atoms with Gasteiger partial charge in [0.2, 0.25) is 0 Å². The van der Waals surface area contributed by atoms with Crippen LogP contribution in [0, 0.1) is 5.92 Å². The van der Waals surface area contributed by atoms with Gasteiger partial charge in [-0.05, 0) is 60.8 Å². The van der Waals surface area contributed by atoms with E-state index in [1.54, 1.807) is 6.92 Å². The lowest BCUT2D eigenvalue weighted by Gasteiger charge is -2.20. The van der Waals surface area contributed by atoms with Crippen LogP contribution in [0.4, 0.5) is 5.00 Å². The average molecular weight is 415 g/mol. The van der Waals surface area contributed by atoms with Crippen LogP contribution in [0.15, 0.2) is 24.3 Å². The van der Waals surface area contributed by atoms with Crippen LogP contribution >= 0.6 is 11.3 Å². The van der Waals surface area contributed by atoms with Crippen molar-refractivity contribution in [2.24, 2.45) is 11.7 Å². The predicted molar refractivity (Wildman–Crippen MR) is 118 cm³/mol. The number of nitrogens with two attached hydrogens (primary N) is 1. The van der Waals surface area contributed by atoms with Gasteiger partial charge in [0.1, 0.15) is 10.8 Å². The van der Waals surface area contributed by atoms with Gasteiger partial charge in [-0.15, -0.1) is 11.3 Å². The molecule has 0 aliphatic heterocycles. The van der Waals surface area contributed by atoms with E-state index in [9.17, 15) is 9.59 Å². The van der Waals surface area contributed by atoms with Crippen LogP contribution in [0.5, 0.6) is 5.75 Å². The quantitative estimate of drug-likeness (QED) is 0.746. The molecule has 0 saturated carbocycles. The van der Waals surface area contributed by atoms with Gasteiger partial charge in [0, 0.05) is 4.88 Å². The topological polar surface area (TPSA) is 81.4 Å². The van der Waals surface area contributed by atoms with E-state index in [2.05, 4.69) is 33.0 Å². The van der Waals surface area contributed by atoms with Crippen molar-refractivity contribution in [3.63, 3.8) is 0 Å². The molecule has 2 aromatic rings. The number of amides is 2. The highest BCUT2D eigenvalue weighted by Crippen LogP contribution is 2.39. The first-order chi connectivity index (χ1) is 13.6. The largest absolute Gasteiger partial charge is 0.481 e. The summed E-state index contributed by atoms with van der Waals surface area (Å²) < 4.78 is 5.81. The first kappa shape index (κ1) is 21.4. The number of rotatable bonds is 5. The molecule has 0 fully saturated rings. The number of thiophene rings is 1. The number of anilines is 1. The first-order valence-corrected chi connectivity index (χ1v) is 10.9. The van der Waals surface area contributed by atoms with E-state index in [1.807, 2.05) is 24.3 Å². The number of carbonyl (C=O) groups excluding carboxylic acids is 2. The van der Waals surface area contributed by atoms with Gasteiger partial charge >= 0.3 is 0 Å². The maximum atomic E-state index is 12.7. The number of carbonyl (C=O) groups is 2. The van der Waals surface area contributed by atoms with Crippen molar-refractivity contribution in [1.29, 1.82) is 0 Å². The Hall–Kier alpha value is -2.34. The maximum Gasteiger partial charge on any atom is 0.265 e. The molecule has 156 valence electrons. The van der Waals surface area contributed by atoms with E-state index in [1.165, 1.54) is 16.9 Å². The van der Waals surface area contributed by atoms with Crippen LogP contribution in [0.25, 0.3) is 0 Å². The van der Waals surface area contributed by atoms with Gasteiger partial charge in [0.15, 0.2) is 6.10 Å². The minimum atomic E-state index is -0.700. The Morgan fingerprint density at radius 2 is 1.90 bits per heavy atom. The lowest BCUT2D eigenvalue weighted by atomic mass is 9.87. The Balaban J connectivity index is 1.72. The van der Waals surface area contributed by atoms with Crippen LogP contribution in [-0.4, -0.2) is 17.9 Å². The van der Waals surface area contributed by atoms with Gasteiger partial charge in [-0.3, -0.25) is 9.59 Å². The highest BCUT2D eigenvalue weighted by atomic mass is 32.1. The number of hydrogen-bond acceptors (Lipinski definition) is 4. The summed E-state index contributed by atoms with van der Waals surface area (Å²) in [4.78, 5) is 25.9. The second-order valence-corrected chi connectivity index (χ2v) is 10.0. The van der Waals surface area contributed by atoms with Gasteiger partial charge in [0.25, 0.3) is 11.8 Å². The minimum Gasteiger partial charge on any atom is -0.481 e. The molecule has 1 aromatic carbocycles. The van der Waals surface area contributed by atoms with Crippen molar-refractivity contribution < 1.29 is 14.3 Å². The standard InChI is InChI=1S/C23H30N2O3S/c1-13-6-11-17-18(12-13)29-22(19(17)20(24)26)25-21(27)14(2)28-16-9-7-15(8-10-16)23(3,4)5/h7-10,13-14H,6,11-12H2,1-5H3,(H2,24,26)(H,25,27). The molecule has 29 heavy (non-hydrogen) atoms.